The van der Waals surface area contributed by atoms with Gasteiger partial charge in [0.1, 0.15) is 8.07 Å². The normalized spacial score (nSPS) is 10.7. The molecule has 2 heteroatoms. The van der Waals surface area contributed by atoms with Gasteiger partial charge in [-0.25, -0.2) is 0 Å². The SMILES string of the molecule is CCSc1ccc(C#C[Si](C)(C)C)cc1. The summed E-state index contributed by atoms with van der Waals surface area (Å²) in [5.41, 5.74) is 4.51. The summed E-state index contributed by atoms with van der Waals surface area (Å²) in [4.78, 5) is 1.33. The van der Waals surface area contributed by atoms with E-state index in [0.29, 0.717) is 0 Å². The minimum atomic E-state index is -1.24. The molecule has 0 saturated carbocycles. The van der Waals surface area contributed by atoms with Crippen LogP contribution in [-0.2, 0) is 0 Å². The van der Waals surface area contributed by atoms with Gasteiger partial charge in [-0.2, -0.15) is 0 Å². The van der Waals surface area contributed by atoms with E-state index in [4.69, 9.17) is 0 Å². The van der Waals surface area contributed by atoms with Gasteiger partial charge in [0, 0.05) is 10.5 Å². The predicted molar refractivity (Wildman–Crippen MR) is 73.1 cm³/mol. The van der Waals surface area contributed by atoms with Crippen molar-refractivity contribution >= 4 is 19.8 Å². The molecule has 0 spiro atoms. The quantitative estimate of drug-likeness (QED) is 0.423. The van der Waals surface area contributed by atoms with E-state index in [2.05, 4.69) is 62.3 Å². The number of thioether (sulfide) groups is 1. The highest BCUT2D eigenvalue weighted by Gasteiger charge is 2.07. The standard InChI is InChI=1S/C13H18SSi/c1-5-14-13-8-6-12(7-9-13)10-11-15(2,3)4/h6-9H,5H2,1-4H3. The molecule has 0 aliphatic carbocycles. The van der Waals surface area contributed by atoms with Crippen LogP contribution in [0.1, 0.15) is 12.5 Å². The largest absolute Gasteiger partial charge is 0.129 e. The summed E-state index contributed by atoms with van der Waals surface area (Å²) in [6.07, 6.45) is 0. The molecule has 0 amide bonds. The highest BCUT2D eigenvalue weighted by molar-refractivity contribution is 7.99. The van der Waals surface area contributed by atoms with Gasteiger partial charge in [-0.1, -0.05) is 32.5 Å². The third-order valence-electron chi connectivity index (χ3n) is 1.75. The minimum absolute atomic E-state index is 1.12. The number of benzene rings is 1. The summed E-state index contributed by atoms with van der Waals surface area (Å²) >= 11 is 1.87. The Balaban J connectivity index is 2.75. The van der Waals surface area contributed by atoms with Gasteiger partial charge in [0.15, 0.2) is 0 Å². The lowest BCUT2D eigenvalue weighted by molar-refractivity contribution is 1.42. The van der Waals surface area contributed by atoms with E-state index >= 15 is 0 Å². The monoisotopic (exact) mass is 234 g/mol. The van der Waals surface area contributed by atoms with Crippen LogP contribution < -0.4 is 0 Å². The molecule has 0 fully saturated rings. The Hall–Kier alpha value is -0.653. The van der Waals surface area contributed by atoms with Crippen molar-refractivity contribution in [2.75, 3.05) is 5.75 Å². The predicted octanol–water partition coefficient (Wildman–Crippen LogP) is 4.03. The molecular formula is C13H18SSi. The number of hydrogen-bond acceptors (Lipinski definition) is 1. The van der Waals surface area contributed by atoms with Gasteiger partial charge >= 0.3 is 0 Å². The first kappa shape index (κ1) is 12.4. The first-order valence-electron chi connectivity index (χ1n) is 5.27. The van der Waals surface area contributed by atoms with Crippen LogP contribution in [0.4, 0.5) is 0 Å². The molecule has 0 radical (unpaired) electrons. The van der Waals surface area contributed by atoms with Crippen molar-refractivity contribution in [3.8, 4) is 11.5 Å². The lowest BCUT2D eigenvalue weighted by Gasteiger charge is -2.03. The van der Waals surface area contributed by atoms with Crippen molar-refractivity contribution in [3.63, 3.8) is 0 Å². The maximum absolute atomic E-state index is 3.37. The molecule has 0 aliphatic heterocycles. The van der Waals surface area contributed by atoms with Crippen LogP contribution in [0.15, 0.2) is 29.2 Å². The Bertz CT molecular complexity index is 362. The molecule has 15 heavy (non-hydrogen) atoms. The third-order valence-corrected chi connectivity index (χ3v) is 3.52. The highest BCUT2D eigenvalue weighted by atomic mass is 32.2. The maximum Gasteiger partial charge on any atom is 0.129 e. The summed E-state index contributed by atoms with van der Waals surface area (Å²) in [7, 11) is -1.24. The van der Waals surface area contributed by atoms with E-state index < -0.39 is 8.07 Å². The van der Waals surface area contributed by atoms with Crippen molar-refractivity contribution in [3.05, 3.63) is 29.8 Å². The Morgan fingerprint density at radius 2 is 1.73 bits per heavy atom. The molecule has 0 saturated heterocycles. The van der Waals surface area contributed by atoms with Crippen LogP contribution in [0, 0.1) is 11.5 Å². The van der Waals surface area contributed by atoms with Gasteiger partial charge in [0.2, 0.25) is 0 Å². The summed E-state index contributed by atoms with van der Waals surface area (Å²) in [6.45, 7) is 8.97. The van der Waals surface area contributed by atoms with Crippen LogP contribution in [0.25, 0.3) is 0 Å². The molecule has 1 aromatic carbocycles. The molecule has 0 aliphatic rings. The maximum atomic E-state index is 3.37. The summed E-state index contributed by atoms with van der Waals surface area (Å²) in [5, 5.41) is 0. The Morgan fingerprint density at radius 3 is 2.20 bits per heavy atom. The van der Waals surface area contributed by atoms with Gasteiger partial charge in [-0.15, -0.1) is 17.3 Å². The summed E-state index contributed by atoms with van der Waals surface area (Å²) in [5.74, 6) is 4.38. The second-order valence-electron chi connectivity index (χ2n) is 4.46. The van der Waals surface area contributed by atoms with E-state index in [9.17, 15) is 0 Å². The van der Waals surface area contributed by atoms with E-state index in [1.165, 1.54) is 4.90 Å². The molecular weight excluding hydrogens is 216 g/mol. The topological polar surface area (TPSA) is 0 Å². The Kier molecular flexibility index (Phi) is 4.50. The molecule has 80 valence electrons. The molecule has 0 atom stereocenters. The first-order chi connectivity index (χ1) is 7.01. The third kappa shape index (κ3) is 5.11. The van der Waals surface area contributed by atoms with Gasteiger partial charge in [0.25, 0.3) is 0 Å². The molecule has 0 aromatic heterocycles. The summed E-state index contributed by atoms with van der Waals surface area (Å²) in [6, 6.07) is 8.54. The van der Waals surface area contributed by atoms with Gasteiger partial charge in [-0.05, 0) is 30.0 Å². The van der Waals surface area contributed by atoms with Crippen molar-refractivity contribution in [1.82, 2.24) is 0 Å². The molecule has 0 unspecified atom stereocenters. The van der Waals surface area contributed by atoms with Gasteiger partial charge in [-0.3, -0.25) is 0 Å². The highest BCUT2D eigenvalue weighted by Crippen LogP contribution is 2.17. The fourth-order valence-corrected chi connectivity index (χ4v) is 2.24. The molecule has 1 rings (SSSR count). The second kappa shape index (κ2) is 5.44. The molecule has 0 heterocycles. The van der Waals surface area contributed by atoms with Crippen molar-refractivity contribution in [2.45, 2.75) is 31.5 Å². The van der Waals surface area contributed by atoms with E-state index in [0.717, 1.165) is 11.3 Å². The zero-order valence-corrected chi connectivity index (χ0v) is 11.7. The zero-order chi connectivity index (χ0) is 11.3. The number of hydrogen-bond donors (Lipinski definition) is 0. The molecule has 0 bridgehead atoms. The van der Waals surface area contributed by atoms with Crippen LogP contribution in [-0.4, -0.2) is 13.8 Å². The minimum Gasteiger partial charge on any atom is -0.127 e. The molecule has 0 N–H and O–H groups in total. The molecule has 1 aromatic rings. The number of rotatable bonds is 2. The van der Waals surface area contributed by atoms with E-state index in [-0.39, 0.29) is 0 Å². The first-order valence-corrected chi connectivity index (χ1v) is 9.76. The summed E-state index contributed by atoms with van der Waals surface area (Å²) < 4.78 is 0. The second-order valence-corrected chi connectivity index (χ2v) is 10.5. The van der Waals surface area contributed by atoms with Gasteiger partial charge < -0.3 is 0 Å². The fourth-order valence-electron chi connectivity index (χ4n) is 1.06. The van der Waals surface area contributed by atoms with Crippen LogP contribution >= 0.6 is 11.8 Å². The molecule has 0 nitrogen and oxygen atoms in total. The van der Waals surface area contributed by atoms with E-state index in [1.807, 2.05) is 11.8 Å². The van der Waals surface area contributed by atoms with Crippen molar-refractivity contribution in [1.29, 1.82) is 0 Å². The van der Waals surface area contributed by atoms with Gasteiger partial charge in [0.05, 0.1) is 0 Å². The van der Waals surface area contributed by atoms with Crippen LogP contribution in [0.5, 0.6) is 0 Å². The smallest absolute Gasteiger partial charge is 0.127 e. The van der Waals surface area contributed by atoms with Crippen molar-refractivity contribution in [2.24, 2.45) is 0 Å². The lowest BCUT2D eigenvalue weighted by Crippen LogP contribution is -2.16. The average molecular weight is 234 g/mol. The average Bonchev–Trinajstić information content (AvgIpc) is 2.16. The lowest BCUT2D eigenvalue weighted by atomic mass is 10.2. The van der Waals surface area contributed by atoms with Crippen molar-refractivity contribution < 1.29 is 0 Å². The van der Waals surface area contributed by atoms with E-state index in [1.54, 1.807) is 0 Å². The fraction of sp³-hybridized carbons (Fsp3) is 0.385. The van der Waals surface area contributed by atoms with Crippen LogP contribution in [0.2, 0.25) is 19.6 Å². The van der Waals surface area contributed by atoms with Crippen LogP contribution in [0.3, 0.4) is 0 Å². The Labute approximate surface area is 98.5 Å². The Morgan fingerprint density at radius 1 is 1.13 bits per heavy atom. The zero-order valence-electron chi connectivity index (χ0n) is 9.92.